The summed E-state index contributed by atoms with van der Waals surface area (Å²) in [4.78, 5) is 3.28. The number of methoxy groups -OCH3 is 2. The Balaban J connectivity index is 2.77. The van der Waals surface area contributed by atoms with Crippen molar-refractivity contribution in [2.75, 3.05) is 20.0 Å². The van der Waals surface area contributed by atoms with Crippen LogP contribution in [0.5, 0.6) is 11.5 Å². The Bertz CT molecular complexity index is 517. The number of H-pyrrole nitrogens is 1. The highest BCUT2D eigenvalue weighted by Gasteiger charge is 2.13. The Morgan fingerprint density at radius 3 is 2.44 bits per heavy atom. The molecule has 2 aromatic rings. The summed E-state index contributed by atoms with van der Waals surface area (Å²) in [5, 5.41) is 0.998. The van der Waals surface area contributed by atoms with Crippen molar-refractivity contribution in [1.82, 2.24) is 4.98 Å². The van der Waals surface area contributed by atoms with Gasteiger partial charge in [-0.25, -0.2) is 0 Å². The van der Waals surface area contributed by atoms with Gasteiger partial charge in [0, 0.05) is 17.1 Å². The maximum absolute atomic E-state index is 6.01. The first-order valence-electron chi connectivity index (χ1n) is 5.23. The number of aryl methyl sites for hydroxylation is 1. The van der Waals surface area contributed by atoms with E-state index < -0.39 is 0 Å². The van der Waals surface area contributed by atoms with Crippen molar-refractivity contribution in [3.8, 4) is 11.5 Å². The van der Waals surface area contributed by atoms with Gasteiger partial charge >= 0.3 is 0 Å². The van der Waals surface area contributed by atoms with Crippen molar-refractivity contribution in [3.63, 3.8) is 0 Å². The molecular weight excluding hydrogens is 204 g/mol. The average Bonchev–Trinajstić information content (AvgIpc) is 2.74. The van der Waals surface area contributed by atoms with Crippen molar-refractivity contribution in [2.24, 2.45) is 0 Å². The smallest absolute Gasteiger partial charge is 0.147 e. The second-order valence-corrected chi connectivity index (χ2v) is 3.63. The number of rotatable bonds is 3. The van der Waals surface area contributed by atoms with Gasteiger partial charge < -0.3 is 20.2 Å². The second kappa shape index (κ2) is 3.96. The summed E-state index contributed by atoms with van der Waals surface area (Å²) in [6.07, 6.45) is 0.930. The van der Waals surface area contributed by atoms with Crippen LogP contribution in [-0.4, -0.2) is 19.2 Å². The SMILES string of the molecule is CCc1cc2c(OC)cc(OC)c(N)c2[nH]1. The van der Waals surface area contributed by atoms with Gasteiger partial charge in [-0.15, -0.1) is 0 Å². The summed E-state index contributed by atoms with van der Waals surface area (Å²) < 4.78 is 10.5. The van der Waals surface area contributed by atoms with Crippen LogP contribution in [0.4, 0.5) is 5.69 Å². The van der Waals surface area contributed by atoms with Gasteiger partial charge in [0.2, 0.25) is 0 Å². The van der Waals surface area contributed by atoms with Gasteiger partial charge in [-0.3, -0.25) is 0 Å². The monoisotopic (exact) mass is 220 g/mol. The first kappa shape index (κ1) is 10.7. The van der Waals surface area contributed by atoms with Gasteiger partial charge in [0.05, 0.1) is 25.4 Å². The predicted molar refractivity (Wildman–Crippen MR) is 65.2 cm³/mol. The molecule has 3 N–H and O–H groups in total. The summed E-state index contributed by atoms with van der Waals surface area (Å²) in [5.41, 5.74) is 8.65. The lowest BCUT2D eigenvalue weighted by Crippen LogP contribution is -1.95. The van der Waals surface area contributed by atoms with Crippen LogP contribution in [0, 0.1) is 0 Å². The van der Waals surface area contributed by atoms with Crippen LogP contribution < -0.4 is 15.2 Å². The summed E-state index contributed by atoms with van der Waals surface area (Å²) >= 11 is 0. The first-order valence-corrected chi connectivity index (χ1v) is 5.23. The molecule has 0 saturated heterocycles. The van der Waals surface area contributed by atoms with Crippen molar-refractivity contribution < 1.29 is 9.47 Å². The Hall–Kier alpha value is -1.84. The van der Waals surface area contributed by atoms with Crippen molar-refractivity contribution in [3.05, 3.63) is 17.8 Å². The fourth-order valence-corrected chi connectivity index (χ4v) is 1.84. The Morgan fingerprint density at radius 2 is 1.88 bits per heavy atom. The number of benzene rings is 1. The molecule has 0 amide bonds. The second-order valence-electron chi connectivity index (χ2n) is 3.63. The molecule has 0 spiro atoms. The third kappa shape index (κ3) is 1.46. The van der Waals surface area contributed by atoms with Crippen molar-refractivity contribution in [1.29, 1.82) is 0 Å². The van der Waals surface area contributed by atoms with Gasteiger partial charge in [0.15, 0.2) is 0 Å². The third-order valence-electron chi connectivity index (χ3n) is 2.76. The Labute approximate surface area is 94.3 Å². The molecule has 2 rings (SSSR count). The van der Waals surface area contributed by atoms with Crippen molar-refractivity contribution >= 4 is 16.6 Å². The molecular formula is C12H16N2O2. The Kier molecular flexibility index (Phi) is 2.64. The standard InChI is InChI=1S/C12H16N2O2/c1-4-7-5-8-9(15-2)6-10(16-3)11(13)12(8)14-7/h5-6,14H,4,13H2,1-3H3. The third-order valence-corrected chi connectivity index (χ3v) is 2.76. The molecule has 86 valence electrons. The summed E-state index contributed by atoms with van der Waals surface area (Å²) in [7, 11) is 3.24. The summed E-state index contributed by atoms with van der Waals surface area (Å²) in [5.74, 6) is 1.41. The predicted octanol–water partition coefficient (Wildman–Crippen LogP) is 2.33. The van der Waals surface area contributed by atoms with Gasteiger partial charge in [-0.05, 0) is 12.5 Å². The molecule has 0 fully saturated rings. The van der Waals surface area contributed by atoms with E-state index in [9.17, 15) is 0 Å². The number of aromatic nitrogens is 1. The largest absolute Gasteiger partial charge is 0.496 e. The van der Waals surface area contributed by atoms with E-state index in [0.717, 1.165) is 28.8 Å². The number of hydrogen-bond acceptors (Lipinski definition) is 3. The number of aromatic amines is 1. The zero-order chi connectivity index (χ0) is 11.7. The topological polar surface area (TPSA) is 60.3 Å². The van der Waals surface area contributed by atoms with E-state index in [1.807, 2.05) is 6.07 Å². The number of hydrogen-bond donors (Lipinski definition) is 2. The number of nitrogens with one attached hydrogen (secondary N) is 1. The van der Waals surface area contributed by atoms with Crippen LogP contribution in [0.25, 0.3) is 10.9 Å². The molecule has 0 atom stereocenters. The summed E-state index contributed by atoms with van der Waals surface area (Å²) in [6.45, 7) is 2.09. The molecule has 0 radical (unpaired) electrons. The minimum absolute atomic E-state index is 0.623. The average molecular weight is 220 g/mol. The fraction of sp³-hybridized carbons (Fsp3) is 0.333. The van der Waals surface area contributed by atoms with Crippen LogP contribution >= 0.6 is 0 Å². The van der Waals surface area contributed by atoms with Gasteiger partial charge in [-0.1, -0.05) is 6.92 Å². The quantitative estimate of drug-likeness (QED) is 0.780. The highest BCUT2D eigenvalue weighted by Crippen LogP contribution is 2.37. The minimum Gasteiger partial charge on any atom is -0.496 e. The maximum Gasteiger partial charge on any atom is 0.147 e. The molecule has 0 aliphatic rings. The molecule has 0 bridgehead atoms. The van der Waals surface area contributed by atoms with E-state index in [2.05, 4.69) is 18.0 Å². The summed E-state index contributed by atoms with van der Waals surface area (Å²) in [6, 6.07) is 3.87. The van der Waals surface area contributed by atoms with Crippen LogP contribution in [0.3, 0.4) is 0 Å². The van der Waals surface area contributed by atoms with E-state index in [1.54, 1.807) is 14.2 Å². The first-order chi connectivity index (χ1) is 7.71. The normalized spacial score (nSPS) is 10.7. The lowest BCUT2D eigenvalue weighted by atomic mass is 10.2. The zero-order valence-electron chi connectivity index (χ0n) is 9.76. The molecule has 4 nitrogen and oxygen atoms in total. The van der Waals surface area contributed by atoms with Crippen LogP contribution in [0.15, 0.2) is 12.1 Å². The number of anilines is 1. The number of ether oxygens (including phenoxy) is 2. The van der Waals surface area contributed by atoms with E-state index >= 15 is 0 Å². The molecule has 1 heterocycles. The molecule has 16 heavy (non-hydrogen) atoms. The van der Waals surface area contributed by atoms with Gasteiger partial charge in [-0.2, -0.15) is 0 Å². The van der Waals surface area contributed by atoms with Crippen LogP contribution in [-0.2, 0) is 6.42 Å². The molecule has 0 aliphatic carbocycles. The molecule has 4 heteroatoms. The number of nitrogen functional groups attached to an aromatic ring is 1. The van der Waals surface area contributed by atoms with Gasteiger partial charge in [0.1, 0.15) is 11.5 Å². The molecule has 1 aromatic heterocycles. The van der Waals surface area contributed by atoms with E-state index in [-0.39, 0.29) is 0 Å². The van der Waals surface area contributed by atoms with Crippen LogP contribution in [0.2, 0.25) is 0 Å². The minimum atomic E-state index is 0.623. The molecule has 1 aromatic carbocycles. The highest BCUT2D eigenvalue weighted by molar-refractivity contribution is 5.98. The Morgan fingerprint density at radius 1 is 1.19 bits per heavy atom. The molecule has 0 aliphatic heterocycles. The fourth-order valence-electron chi connectivity index (χ4n) is 1.84. The lowest BCUT2D eigenvalue weighted by Gasteiger charge is -2.09. The maximum atomic E-state index is 6.01. The number of fused-ring (bicyclic) bond motifs is 1. The van der Waals surface area contributed by atoms with E-state index in [1.165, 1.54) is 0 Å². The van der Waals surface area contributed by atoms with E-state index in [0.29, 0.717) is 11.4 Å². The molecule has 0 saturated carbocycles. The van der Waals surface area contributed by atoms with Gasteiger partial charge in [0.25, 0.3) is 0 Å². The number of nitrogens with two attached hydrogens (primary N) is 1. The lowest BCUT2D eigenvalue weighted by molar-refractivity contribution is 0.399. The van der Waals surface area contributed by atoms with Crippen LogP contribution in [0.1, 0.15) is 12.6 Å². The molecule has 0 unspecified atom stereocenters. The highest BCUT2D eigenvalue weighted by atomic mass is 16.5. The zero-order valence-corrected chi connectivity index (χ0v) is 9.76. The van der Waals surface area contributed by atoms with E-state index in [4.69, 9.17) is 15.2 Å². The van der Waals surface area contributed by atoms with Crippen molar-refractivity contribution in [2.45, 2.75) is 13.3 Å².